The van der Waals surface area contributed by atoms with Crippen LogP contribution in [0.2, 0.25) is 0 Å². The summed E-state index contributed by atoms with van der Waals surface area (Å²) in [5, 5.41) is 10.4. The monoisotopic (exact) mass is 326 g/mol. The van der Waals surface area contributed by atoms with Crippen molar-refractivity contribution in [2.75, 3.05) is 0 Å². The summed E-state index contributed by atoms with van der Waals surface area (Å²) < 4.78 is 0. The van der Waals surface area contributed by atoms with E-state index in [1.165, 1.54) is 0 Å². The van der Waals surface area contributed by atoms with Gasteiger partial charge in [0.2, 0.25) is 0 Å². The van der Waals surface area contributed by atoms with Crippen LogP contribution < -0.4 is 0 Å². The third-order valence-corrected chi connectivity index (χ3v) is 7.95. The fourth-order valence-electron chi connectivity index (χ4n) is 6.75. The van der Waals surface area contributed by atoms with Gasteiger partial charge in [0.05, 0.1) is 0 Å². The maximum Gasteiger partial charge on any atom is 0.197 e. The maximum atomic E-state index is 12.5. The number of rotatable bonds is 1. The third-order valence-electron chi connectivity index (χ3n) is 7.95. The van der Waals surface area contributed by atoms with Crippen LogP contribution in [0.5, 0.6) is 0 Å². The van der Waals surface area contributed by atoms with Crippen LogP contribution in [-0.2, 0) is 9.59 Å². The fourth-order valence-corrected chi connectivity index (χ4v) is 6.75. The van der Waals surface area contributed by atoms with Crippen molar-refractivity contribution in [1.29, 1.82) is 0 Å². The van der Waals surface area contributed by atoms with E-state index < -0.39 is 0 Å². The largest absolute Gasteiger partial charge is 0.504 e. The smallest absolute Gasteiger partial charge is 0.197 e. The van der Waals surface area contributed by atoms with Gasteiger partial charge >= 0.3 is 0 Å². The molecule has 0 radical (unpaired) electrons. The fraction of sp³-hybridized carbons (Fsp3) is 0.714. The van der Waals surface area contributed by atoms with Gasteiger partial charge in [-0.15, -0.1) is 12.3 Å². The first kappa shape index (κ1) is 15.9. The maximum absolute atomic E-state index is 12.5. The molecular weight excluding hydrogens is 300 g/mol. The zero-order chi connectivity index (χ0) is 17.1. The van der Waals surface area contributed by atoms with Crippen LogP contribution in [-0.4, -0.2) is 16.7 Å². The number of terminal acetylenes is 1. The van der Waals surface area contributed by atoms with Crippen molar-refractivity contribution in [3.8, 4) is 12.3 Å². The molecule has 5 atom stereocenters. The standard InChI is InChI=1S/C21H26O3/c1-3-10-21-12-9-17(22)19(24)16(21)5-4-13-14-6-7-18(23)20(14,2)11-8-15(13)21/h1,13-15,24H,4-12H2,2H3/t13-,14-,15-,20-,21+/m0/s1. The van der Waals surface area contributed by atoms with E-state index >= 15 is 0 Å². The number of carbonyl (C=O) groups is 2. The molecule has 128 valence electrons. The summed E-state index contributed by atoms with van der Waals surface area (Å²) >= 11 is 0. The molecule has 24 heavy (non-hydrogen) atoms. The summed E-state index contributed by atoms with van der Waals surface area (Å²) in [5.41, 5.74) is 0.584. The van der Waals surface area contributed by atoms with E-state index in [4.69, 9.17) is 6.42 Å². The van der Waals surface area contributed by atoms with Crippen LogP contribution in [0.15, 0.2) is 11.3 Å². The van der Waals surface area contributed by atoms with Crippen molar-refractivity contribution >= 4 is 11.6 Å². The highest BCUT2D eigenvalue weighted by molar-refractivity contribution is 5.95. The zero-order valence-corrected chi connectivity index (χ0v) is 14.4. The first-order valence-electron chi connectivity index (χ1n) is 9.36. The van der Waals surface area contributed by atoms with Crippen molar-refractivity contribution in [2.45, 2.75) is 64.7 Å². The number of ketones is 2. The average molecular weight is 326 g/mol. The Bertz CT molecular complexity index is 682. The second-order valence-electron chi connectivity index (χ2n) is 8.62. The predicted octanol–water partition coefficient (Wildman–Crippen LogP) is 3.98. The quantitative estimate of drug-likeness (QED) is 0.742. The Balaban J connectivity index is 1.78. The molecule has 3 fully saturated rings. The van der Waals surface area contributed by atoms with Crippen LogP contribution in [0.4, 0.5) is 0 Å². The molecule has 3 heteroatoms. The second kappa shape index (κ2) is 5.22. The number of hydrogen-bond acceptors (Lipinski definition) is 3. The molecule has 0 aliphatic heterocycles. The number of allylic oxidation sites excluding steroid dienone is 1. The molecule has 4 aliphatic rings. The molecule has 4 aliphatic carbocycles. The van der Waals surface area contributed by atoms with Gasteiger partial charge in [0.15, 0.2) is 11.5 Å². The second-order valence-corrected chi connectivity index (χ2v) is 8.62. The SMILES string of the molecule is C#CC[C@]12CCC(=O)C(O)=C1CC[C@@H]1[C@@H]2CC[C@]2(C)C(=O)CC[C@@H]12. The summed E-state index contributed by atoms with van der Waals surface area (Å²) in [6, 6.07) is 0. The lowest BCUT2D eigenvalue weighted by atomic mass is 9.46. The highest BCUT2D eigenvalue weighted by Crippen LogP contribution is 2.65. The number of carbonyl (C=O) groups excluding carboxylic acids is 2. The van der Waals surface area contributed by atoms with Crippen molar-refractivity contribution < 1.29 is 14.7 Å². The number of aliphatic hydroxyl groups excluding tert-OH is 1. The van der Waals surface area contributed by atoms with Crippen molar-refractivity contribution in [2.24, 2.45) is 28.6 Å². The van der Waals surface area contributed by atoms with Crippen LogP contribution in [0.1, 0.15) is 64.7 Å². The van der Waals surface area contributed by atoms with Crippen LogP contribution in [0.25, 0.3) is 0 Å². The Kier molecular flexibility index (Phi) is 3.46. The van der Waals surface area contributed by atoms with Crippen molar-refractivity contribution in [3.05, 3.63) is 11.3 Å². The minimum atomic E-state index is -0.206. The number of hydrogen-bond donors (Lipinski definition) is 1. The van der Waals surface area contributed by atoms with Crippen molar-refractivity contribution in [3.63, 3.8) is 0 Å². The minimum absolute atomic E-state index is 0.00536. The summed E-state index contributed by atoms with van der Waals surface area (Å²) in [6.07, 6.45) is 12.9. The molecule has 0 amide bonds. The predicted molar refractivity (Wildman–Crippen MR) is 91.1 cm³/mol. The summed E-state index contributed by atoms with van der Waals surface area (Å²) in [4.78, 5) is 24.5. The van der Waals surface area contributed by atoms with Gasteiger partial charge in [-0.05, 0) is 61.9 Å². The highest BCUT2D eigenvalue weighted by Gasteiger charge is 2.60. The van der Waals surface area contributed by atoms with E-state index in [0.717, 1.165) is 50.5 Å². The molecule has 4 rings (SSSR count). The number of fused-ring (bicyclic) bond motifs is 5. The van der Waals surface area contributed by atoms with Gasteiger partial charge in [-0.3, -0.25) is 9.59 Å². The zero-order valence-electron chi connectivity index (χ0n) is 14.4. The Morgan fingerprint density at radius 1 is 1.12 bits per heavy atom. The van der Waals surface area contributed by atoms with Crippen LogP contribution in [0.3, 0.4) is 0 Å². The third kappa shape index (κ3) is 1.86. The lowest BCUT2D eigenvalue weighted by Gasteiger charge is -2.57. The first-order chi connectivity index (χ1) is 11.4. The lowest BCUT2D eigenvalue weighted by Crippen LogP contribution is -2.52. The Morgan fingerprint density at radius 2 is 1.92 bits per heavy atom. The van der Waals surface area contributed by atoms with Gasteiger partial charge in [-0.25, -0.2) is 0 Å². The Labute approximate surface area is 143 Å². The topological polar surface area (TPSA) is 54.4 Å². The minimum Gasteiger partial charge on any atom is -0.504 e. The van der Waals surface area contributed by atoms with E-state index in [-0.39, 0.29) is 22.4 Å². The molecule has 0 spiro atoms. The molecule has 0 saturated heterocycles. The molecule has 1 N–H and O–H groups in total. The highest BCUT2D eigenvalue weighted by atomic mass is 16.3. The van der Waals surface area contributed by atoms with Gasteiger partial charge in [-0.1, -0.05) is 6.92 Å². The Morgan fingerprint density at radius 3 is 2.67 bits per heavy atom. The molecule has 0 aromatic rings. The normalized spacial score (nSPS) is 44.6. The van der Waals surface area contributed by atoms with Gasteiger partial charge in [0.1, 0.15) is 5.78 Å². The molecule has 0 aromatic carbocycles. The van der Waals surface area contributed by atoms with E-state index in [9.17, 15) is 14.7 Å². The molecule has 3 nitrogen and oxygen atoms in total. The van der Waals surface area contributed by atoms with E-state index in [1.807, 2.05) is 0 Å². The average Bonchev–Trinajstić information content (AvgIpc) is 2.87. The van der Waals surface area contributed by atoms with E-state index in [0.29, 0.717) is 36.4 Å². The van der Waals surface area contributed by atoms with E-state index in [1.54, 1.807) is 0 Å². The van der Waals surface area contributed by atoms with Crippen molar-refractivity contribution in [1.82, 2.24) is 0 Å². The summed E-state index contributed by atoms with van der Waals surface area (Å²) in [5.74, 6) is 4.56. The first-order valence-corrected chi connectivity index (χ1v) is 9.36. The van der Waals surface area contributed by atoms with Gasteiger partial charge in [0.25, 0.3) is 0 Å². The summed E-state index contributed by atoms with van der Waals surface area (Å²) in [7, 11) is 0. The summed E-state index contributed by atoms with van der Waals surface area (Å²) in [6.45, 7) is 2.17. The Hall–Kier alpha value is -1.56. The molecule has 0 bridgehead atoms. The van der Waals surface area contributed by atoms with Gasteiger partial charge in [-0.2, -0.15) is 0 Å². The molecule has 0 aromatic heterocycles. The molecule has 3 saturated carbocycles. The number of aliphatic hydroxyl groups is 1. The van der Waals surface area contributed by atoms with Crippen LogP contribution >= 0.6 is 0 Å². The van der Waals surface area contributed by atoms with Gasteiger partial charge in [0, 0.05) is 30.1 Å². The number of Topliss-reactive ketones (excluding diaryl/α,β-unsaturated/α-hetero) is 2. The van der Waals surface area contributed by atoms with E-state index in [2.05, 4.69) is 12.8 Å². The lowest BCUT2D eigenvalue weighted by molar-refractivity contribution is -0.133. The molecular formula is C21H26O3. The van der Waals surface area contributed by atoms with Gasteiger partial charge < -0.3 is 5.11 Å². The molecule has 0 unspecified atom stereocenters. The molecule has 0 heterocycles. The van der Waals surface area contributed by atoms with Crippen LogP contribution in [0, 0.1) is 40.9 Å².